The molecule has 0 radical (unpaired) electrons. The number of amides is 1. The number of carbonyl (C=O) groups is 1. The van der Waals surface area contributed by atoms with Crippen LogP contribution in [0.25, 0.3) is 22.3 Å². The summed E-state index contributed by atoms with van der Waals surface area (Å²) in [6.45, 7) is 1.59. The Morgan fingerprint density at radius 2 is 1.53 bits per heavy atom. The molecule has 0 aliphatic carbocycles. The number of halogens is 6. The Morgan fingerprint density at radius 3 is 2.14 bits per heavy atom. The van der Waals surface area contributed by atoms with Crippen LogP contribution in [-0.4, -0.2) is 21.2 Å². The highest BCUT2D eigenvalue weighted by Gasteiger charge is 2.30. The van der Waals surface area contributed by atoms with Crippen LogP contribution >= 0.6 is 11.6 Å². The standard InChI is InChI=1S/C31H21ClF5N3O3/c1-16-38-30(43-40-16)27(12-17-2-4-18(5-3-17)20-8-11-25(33)24(32)14-20)39-29(42)23-13-21(15-26(34)28(23)41)19-6-9-22(10-7-19)31(35,36)37/h2-11,13-15,27,41H,12H2,1H3,(H,39,42)/t27-/m1/s1. The van der Waals surface area contributed by atoms with Gasteiger partial charge in [-0.05, 0) is 71.1 Å². The molecule has 4 aromatic carbocycles. The highest BCUT2D eigenvalue weighted by molar-refractivity contribution is 6.31. The number of hydrogen-bond donors (Lipinski definition) is 2. The third-order valence-electron chi connectivity index (χ3n) is 6.65. The number of aromatic hydroxyl groups is 1. The Bertz CT molecular complexity index is 1790. The van der Waals surface area contributed by atoms with Crippen molar-refractivity contribution in [1.82, 2.24) is 15.5 Å². The third-order valence-corrected chi connectivity index (χ3v) is 6.94. The zero-order valence-corrected chi connectivity index (χ0v) is 23.0. The molecule has 5 rings (SSSR count). The first kappa shape index (κ1) is 29.7. The lowest BCUT2D eigenvalue weighted by molar-refractivity contribution is -0.137. The molecule has 6 nitrogen and oxygen atoms in total. The van der Waals surface area contributed by atoms with Crippen molar-refractivity contribution in [3.63, 3.8) is 0 Å². The molecule has 0 spiro atoms. The molecular formula is C31H21ClF5N3O3. The van der Waals surface area contributed by atoms with Crippen LogP contribution < -0.4 is 5.32 Å². The van der Waals surface area contributed by atoms with Gasteiger partial charge in [-0.1, -0.05) is 59.2 Å². The van der Waals surface area contributed by atoms with Gasteiger partial charge in [0.2, 0.25) is 5.89 Å². The lowest BCUT2D eigenvalue weighted by Crippen LogP contribution is -2.30. The minimum Gasteiger partial charge on any atom is -0.504 e. The number of aryl methyl sites for hydroxylation is 1. The fourth-order valence-corrected chi connectivity index (χ4v) is 4.61. The Balaban J connectivity index is 1.41. The number of alkyl halides is 3. The van der Waals surface area contributed by atoms with Gasteiger partial charge in [0.05, 0.1) is 16.1 Å². The van der Waals surface area contributed by atoms with Crippen LogP contribution in [0.4, 0.5) is 22.0 Å². The fraction of sp³-hybridized carbons (Fsp3) is 0.129. The molecule has 1 atom stereocenters. The molecule has 1 amide bonds. The number of carbonyl (C=O) groups excluding carboxylic acids is 1. The molecule has 1 heterocycles. The molecular weight excluding hydrogens is 593 g/mol. The van der Waals surface area contributed by atoms with E-state index in [2.05, 4.69) is 15.5 Å². The molecule has 0 aliphatic rings. The maximum atomic E-state index is 14.7. The molecule has 0 saturated carbocycles. The number of nitrogens with one attached hydrogen (secondary N) is 1. The van der Waals surface area contributed by atoms with Gasteiger partial charge in [0, 0.05) is 6.42 Å². The molecule has 0 saturated heterocycles. The summed E-state index contributed by atoms with van der Waals surface area (Å²) in [5.74, 6) is -3.13. The van der Waals surface area contributed by atoms with E-state index in [0.717, 1.165) is 41.5 Å². The van der Waals surface area contributed by atoms with E-state index < -0.39 is 46.6 Å². The second kappa shape index (κ2) is 11.8. The van der Waals surface area contributed by atoms with E-state index in [0.29, 0.717) is 11.4 Å². The van der Waals surface area contributed by atoms with Crippen molar-refractivity contribution in [2.24, 2.45) is 0 Å². The lowest BCUT2D eigenvalue weighted by atomic mass is 9.99. The number of benzene rings is 4. The monoisotopic (exact) mass is 613 g/mol. The van der Waals surface area contributed by atoms with Crippen LogP contribution in [0.5, 0.6) is 5.75 Å². The molecule has 0 bridgehead atoms. The van der Waals surface area contributed by atoms with Crippen LogP contribution in [0, 0.1) is 18.6 Å². The van der Waals surface area contributed by atoms with Crippen molar-refractivity contribution in [3.05, 3.63) is 124 Å². The summed E-state index contributed by atoms with van der Waals surface area (Å²) in [5.41, 5.74) is 1.14. The van der Waals surface area contributed by atoms with Crippen molar-refractivity contribution in [2.75, 3.05) is 0 Å². The number of rotatable bonds is 7. The zero-order chi connectivity index (χ0) is 30.9. The topological polar surface area (TPSA) is 88.2 Å². The molecule has 1 aromatic heterocycles. The van der Waals surface area contributed by atoms with Crippen molar-refractivity contribution in [1.29, 1.82) is 0 Å². The quantitative estimate of drug-likeness (QED) is 0.181. The molecule has 0 aliphatic heterocycles. The van der Waals surface area contributed by atoms with Gasteiger partial charge in [0.25, 0.3) is 5.91 Å². The van der Waals surface area contributed by atoms with E-state index in [1.165, 1.54) is 18.2 Å². The summed E-state index contributed by atoms with van der Waals surface area (Å²) in [6.07, 6.45) is -4.40. The minimum absolute atomic E-state index is 0.0156. The van der Waals surface area contributed by atoms with Crippen molar-refractivity contribution in [3.8, 4) is 28.0 Å². The molecule has 43 heavy (non-hydrogen) atoms. The van der Waals surface area contributed by atoms with E-state index in [4.69, 9.17) is 16.1 Å². The zero-order valence-electron chi connectivity index (χ0n) is 22.2. The van der Waals surface area contributed by atoms with Crippen LogP contribution in [0.3, 0.4) is 0 Å². The van der Waals surface area contributed by atoms with Crippen LogP contribution in [0.2, 0.25) is 5.02 Å². The Hall–Kier alpha value is -4.77. The normalized spacial score (nSPS) is 12.3. The first-order valence-corrected chi connectivity index (χ1v) is 13.1. The summed E-state index contributed by atoms with van der Waals surface area (Å²) >= 11 is 5.90. The van der Waals surface area contributed by atoms with E-state index in [-0.39, 0.29) is 28.5 Å². The van der Waals surface area contributed by atoms with Gasteiger partial charge in [0.1, 0.15) is 11.9 Å². The average Bonchev–Trinajstić information content (AvgIpc) is 3.41. The minimum atomic E-state index is -4.55. The van der Waals surface area contributed by atoms with Crippen LogP contribution in [0.15, 0.2) is 83.4 Å². The summed E-state index contributed by atoms with van der Waals surface area (Å²) in [7, 11) is 0. The van der Waals surface area contributed by atoms with Gasteiger partial charge in [0.15, 0.2) is 17.4 Å². The highest BCUT2D eigenvalue weighted by atomic mass is 35.5. The maximum Gasteiger partial charge on any atom is 0.416 e. The molecule has 5 aromatic rings. The Morgan fingerprint density at radius 1 is 0.907 bits per heavy atom. The highest BCUT2D eigenvalue weighted by Crippen LogP contribution is 2.34. The summed E-state index contributed by atoms with van der Waals surface area (Å²) in [5, 5.41) is 16.8. The predicted octanol–water partition coefficient (Wildman–Crippen LogP) is 8.08. The SMILES string of the molecule is Cc1noc([C@@H](Cc2ccc(-c3ccc(F)c(Cl)c3)cc2)NC(=O)c2cc(-c3ccc(C(F)(F)F)cc3)cc(F)c2O)n1. The van der Waals surface area contributed by atoms with Crippen LogP contribution in [0.1, 0.15) is 39.2 Å². The summed E-state index contributed by atoms with van der Waals surface area (Å²) in [4.78, 5) is 17.5. The van der Waals surface area contributed by atoms with Gasteiger partial charge < -0.3 is 14.9 Å². The number of nitrogens with zero attached hydrogens (tertiary/aromatic N) is 2. The van der Waals surface area contributed by atoms with Gasteiger partial charge in [-0.2, -0.15) is 18.2 Å². The Kier molecular flexibility index (Phi) is 8.19. The number of phenolic OH excluding ortho intramolecular Hbond substituents is 1. The Labute approximate surface area is 246 Å². The predicted molar refractivity (Wildman–Crippen MR) is 148 cm³/mol. The second-order valence-corrected chi connectivity index (χ2v) is 10.1. The molecule has 2 N–H and O–H groups in total. The van der Waals surface area contributed by atoms with Crippen LogP contribution in [-0.2, 0) is 12.6 Å². The van der Waals surface area contributed by atoms with Gasteiger partial charge >= 0.3 is 6.18 Å². The van der Waals surface area contributed by atoms with Crippen molar-refractivity contribution >= 4 is 17.5 Å². The van der Waals surface area contributed by atoms with Crippen molar-refractivity contribution in [2.45, 2.75) is 25.6 Å². The molecule has 12 heteroatoms. The maximum absolute atomic E-state index is 14.7. The first-order valence-electron chi connectivity index (χ1n) is 12.7. The second-order valence-electron chi connectivity index (χ2n) is 9.67. The first-order chi connectivity index (χ1) is 20.4. The number of phenols is 1. The van der Waals surface area contributed by atoms with E-state index >= 15 is 0 Å². The van der Waals surface area contributed by atoms with E-state index in [9.17, 15) is 31.9 Å². The summed E-state index contributed by atoms with van der Waals surface area (Å²) in [6, 6.07) is 16.6. The largest absolute Gasteiger partial charge is 0.504 e. The average molecular weight is 614 g/mol. The fourth-order valence-electron chi connectivity index (χ4n) is 4.43. The molecule has 220 valence electrons. The van der Waals surface area contributed by atoms with E-state index in [1.807, 2.05) is 0 Å². The molecule has 0 unspecified atom stereocenters. The number of aromatic nitrogens is 2. The van der Waals surface area contributed by atoms with E-state index in [1.54, 1.807) is 37.3 Å². The lowest BCUT2D eigenvalue weighted by Gasteiger charge is -2.17. The molecule has 0 fully saturated rings. The van der Waals surface area contributed by atoms with Gasteiger partial charge in [-0.25, -0.2) is 8.78 Å². The smallest absolute Gasteiger partial charge is 0.416 e. The third kappa shape index (κ3) is 6.67. The van der Waals surface area contributed by atoms with Crippen molar-refractivity contribution < 1.29 is 36.4 Å². The van der Waals surface area contributed by atoms with Gasteiger partial charge in [-0.15, -0.1) is 0 Å². The van der Waals surface area contributed by atoms with Gasteiger partial charge in [-0.3, -0.25) is 4.79 Å². The number of hydrogen-bond acceptors (Lipinski definition) is 5. The summed E-state index contributed by atoms with van der Waals surface area (Å²) < 4.78 is 72.5.